The first-order valence-corrected chi connectivity index (χ1v) is 12.4. The molecule has 0 aliphatic carbocycles. The molecule has 10 nitrogen and oxygen atoms in total. The molecule has 1 aromatic heterocycles. The van der Waals surface area contributed by atoms with Crippen molar-refractivity contribution in [1.82, 2.24) is 14.2 Å². The molecule has 0 atom stereocenters. The molecule has 2 aliphatic rings. The number of piperazine rings is 1. The standard InChI is InChI=1S/C19H25N5O5S2/c1-15-20-16(14-30-15)13-21-4-6-22(7-5-21)18-3-2-17(24(25)26)12-19(18)31(27,28)23-8-10-29-11-9-23/h2-3,12,14H,4-11,13H2,1H3. The topological polar surface area (TPSA) is 109 Å². The fourth-order valence-corrected chi connectivity index (χ4v) is 6.11. The van der Waals surface area contributed by atoms with E-state index in [-0.39, 0.29) is 23.7 Å². The number of ether oxygens (including phenoxy) is 1. The van der Waals surface area contributed by atoms with E-state index in [9.17, 15) is 18.5 Å². The average molecular weight is 468 g/mol. The van der Waals surface area contributed by atoms with Gasteiger partial charge in [0.15, 0.2) is 0 Å². The van der Waals surface area contributed by atoms with Crippen molar-refractivity contribution in [2.45, 2.75) is 18.4 Å². The number of thiazole rings is 1. The summed E-state index contributed by atoms with van der Waals surface area (Å²) in [4.78, 5) is 19.5. The Morgan fingerprint density at radius 1 is 1.16 bits per heavy atom. The van der Waals surface area contributed by atoms with Crippen molar-refractivity contribution in [3.05, 3.63) is 44.4 Å². The molecule has 168 valence electrons. The van der Waals surface area contributed by atoms with Gasteiger partial charge in [0.25, 0.3) is 5.69 Å². The van der Waals surface area contributed by atoms with Crippen LogP contribution < -0.4 is 4.90 Å². The first kappa shape index (κ1) is 22.1. The van der Waals surface area contributed by atoms with E-state index < -0.39 is 14.9 Å². The van der Waals surface area contributed by atoms with Crippen LogP contribution >= 0.6 is 11.3 Å². The van der Waals surface area contributed by atoms with Crippen molar-refractivity contribution in [3.63, 3.8) is 0 Å². The summed E-state index contributed by atoms with van der Waals surface area (Å²) in [5.41, 5.74) is 1.33. The van der Waals surface area contributed by atoms with Crippen LogP contribution in [0.25, 0.3) is 0 Å². The lowest BCUT2D eigenvalue weighted by molar-refractivity contribution is -0.385. The molecule has 0 saturated carbocycles. The summed E-state index contributed by atoms with van der Waals surface area (Å²) >= 11 is 1.63. The molecular weight excluding hydrogens is 442 g/mol. The average Bonchev–Trinajstić information content (AvgIpc) is 3.19. The third-order valence-corrected chi connectivity index (χ3v) is 8.26. The maximum atomic E-state index is 13.3. The number of anilines is 1. The largest absolute Gasteiger partial charge is 0.379 e. The number of hydrogen-bond acceptors (Lipinski definition) is 9. The fourth-order valence-electron chi connectivity index (χ4n) is 3.87. The molecular formula is C19H25N5O5S2. The van der Waals surface area contributed by atoms with Gasteiger partial charge in [-0.1, -0.05) is 0 Å². The number of sulfonamides is 1. The van der Waals surface area contributed by atoms with Crippen molar-refractivity contribution < 1.29 is 18.1 Å². The predicted octanol–water partition coefficient (Wildman–Crippen LogP) is 1.70. The molecule has 1 aromatic carbocycles. The molecule has 0 N–H and O–H groups in total. The third kappa shape index (κ3) is 4.88. The minimum atomic E-state index is -3.87. The zero-order chi connectivity index (χ0) is 22.0. The summed E-state index contributed by atoms with van der Waals surface area (Å²) < 4.78 is 33.3. The SMILES string of the molecule is Cc1nc(CN2CCN(c3ccc([N+](=O)[O-])cc3S(=O)(=O)N3CCOCC3)CC2)cs1. The van der Waals surface area contributed by atoms with E-state index >= 15 is 0 Å². The Kier molecular flexibility index (Phi) is 6.53. The van der Waals surface area contributed by atoms with E-state index in [1.54, 1.807) is 17.4 Å². The molecule has 2 fully saturated rings. The number of benzene rings is 1. The Morgan fingerprint density at radius 2 is 1.87 bits per heavy atom. The quantitative estimate of drug-likeness (QED) is 0.467. The maximum absolute atomic E-state index is 13.3. The van der Waals surface area contributed by atoms with Gasteiger partial charge in [-0.3, -0.25) is 15.0 Å². The zero-order valence-corrected chi connectivity index (χ0v) is 18.9. The van der Waals surface area contributed by atoms with Gasteiger partial charge in [-0.2, -0.15) is 4.31 Å². The normalized spacial score (nSPS) is 18.9. The van der Waals surface area contributed by atoms with Crippen LogP contribution in [0.1, 0.15) is 10.7 Å². The van der Waals surface area contributed by atoms with Gasteiger partial charge in [-0.15, -0.1) is 11.3 Å². The molecule has 2 aliphatic heterocycles. The van der Waals surface area contributed by atoms with Crippen LogP contribution in [-0.2, 0) is 21.3 Å². The Morgan fingerprint density at radius 3 is 2.48 bits per heavy atom. The molecule has 3 heterocycles. The van der Waals surface area contributed by atoms with Crippen molar-refractivity contribution in [3.8, 4) is 0 Å². The van der Waals surface area contributed by atoms with Crippen LogP contribution in [-0.4, -0.2) is 80.0 Å². The minimum absolute atomic E-state index is 0.00724. The molecule has 0 radical (unpaired) electrons. The molecule has 0 spiro atoms. The number of hydrogen-bond donors (Lipinski definition) is 0. The second kappa shape index (κ2) is 9.17. The fraction of sp³-hybridized carbons (Fsp3) is 0.526. The van der Waals surface area contributed by atoms with E-state index in [1.165, 1.54) is 16.4 Å². The van der Waals surface area contributed by atoms with Crippen molar-refractivity contribution in [2.75, 3.05) is 57.4 Å². The lowest BCUT2D eigenvalue weighted by Crippen LogP contribution is -2.47. The highest BCUT2D eigenvalue weighted by atomic mass is 32.2. The van der Waals surface area contributed by atoms with Gasteiger partial charge in [-0.05, 0) is 13.0 Å². The highest BCUT2D eigenvalue weighted by molar-refractivity contribution is 7.89. The van der Waals surface area contributed by atoms with Gasteiger partial charge in [0.1, 0.15) is 4.90 Å². The van der Waals surface area contributed by atoms with E-state index in [0.29, 0.717) is 32.0 Å². The van der Waals surface area contributed by atoms with Crippen LogP contribution in [0.4, 0.5) is 11.4 Å². The van der Waals surface area contributed by atoms with Crippen molar-refractivity contribution in [1.29, 1.82) is 0 Å². The monoisotopic (exact) mass is 467 g/mol. The Hall–Kier alpha value is -2.12. The number of rotatable bonds is 6. The highest BCUT2D eigenvalue weighted by Gasteiger charge is 2.32. The summed E-state index contributed by atoms with van der Waals surface area (Å²) in [7, 11) is -3.87. The van der Waals surface area contributed by atoms with E-state index in [1.807, 2.05) is 11.8 Å². The number of aromatic nitrogens is 1. The first-order valence-electron chi connectivity index (χ1n) is 10.1. The number of aryl methyl sites for hydroxylation is 1. The first-order chi connectivity index (χ1) is 14.8. The van der Waals surface area contributed by atoms with Crippen LogP contribution in [0, 0.1) is 17.0 Å². The number of morpholine rings is 1. The van der Waals surface area contributed by atoms with Gasteiger partial charge in [-0.25, -0.2) is 13.4 Å². The molecule has 2 aromatic rings. The van der Waals surface area contributed by atoms with Crippen LogP contribution in [0.5, 0.6) is 0 Å². The van der Waals surface area contributed by atoms with Gasteiger partial charge in [0.2, 0.25) is 10.0 Å². The summed E-state index contributed by atoms with van der Waals surface area (Å²) in [6.45, 7) is 6.63. The van der Waals surface area contributed by atoms with Crippen molar-refractivity contribution in [2.24, 2.45) is 0 Å². The van der Waals surface area contributed by atoms with Crippen LogP contribution in [0.3, 0.4) is 0 Å². The highest BCUT2D eigenvalue weighted by Crippen LogP contribution is 2.32. The minimum Gasteiger partial charge on any atom is -0.379 e. The van der Waals surface area contributed by atoms with Crippen molar-refractivity contribution >= 4 is 32.7 Å². The second-order valence-electron chi connectivity index (χ2n) is 7.55. The Balaban J connectivity index is 1.56. The molecule has 0 bridgehead atoms. The summed E-state index contributed by atoms with van der Waals surface area (Å²) in [5.74, 6) is 0. The number of nitro groups is 1. The van der Waals surface area contributed by atoms with Crippen LogP contribution in [0.2, 0.25) is 0 Å². The van der Waals surface area contributed by atoms with E-state index in [4.69, 9.17) is 4.74 Å². The maximum Gasteiger partial charge on any atom is 0.270 e. The number of nitro benzene ring substituents is 1. The summed E-state index contributed by atoms with van der Waals surface area (Å²) in [6.07, 6.45) is 0. The van der Waals surface area contributed by atoms with Gasteiger partial charge in [0.05, 0.1) is 34.5 Å². The van der Waals surface area contributed by atoms with Crippen LogP contribution in [0.15, 0.2) is 28.5 Å². The summed E-state index contributed by atoms with van der Waals surface area (Å²) in [5, 5.41) is 14.4. The molecule has 2 saturated heterocycles. The zero-order valence-electron chi connectivity index (χ0n) is 17.3. The lowest BCUT2D eigenvalue weighted by Gasteiger charge is -2.37. The molecule has 0 amide bonds. The second-order valence-corrected chi connectivity index (χ2v) is 10.5. The Bertz CT molecular complexity index is 1040. The smallest absolute Gasteiger partial charge is 0.270 e. The lowest BCUT2D eigenvalue weighted by atomic mass is 10.2. The molecule has 31 heavy (non-hydrogen) atoms. The van der Waals surface area contributed by atoms with Gasteiger partial charge < -0.3 is 9.64 Å². The van der Waals surface area contributed by atoms with E-state index in [2.05, 4.69) is 15.3 Å². The van der Waals surface area contributed by atoms with E-state index in [0.717, 1.165) is 30.3 Å². The molecule has 4 rings (SSSR count). The number of nitrogens with zero attached hydrogens (tertiary/aromatic N) is 5. The third-order valence-electron chi connectivity index (χ3n) is 5.51. The Labute approximate surface area is 185 Å². The molecule has 0 unspecified atom stereocenters. The summed E-state index contributed by atoms with van der Waals surface area (Å²) in [6, 6.07) is 4.12. The predicted molar refractivity (Wildman–Crippen MR) is 117 cm³/mol. The van der Waals surface area contributed by atoms with Gasteiger partial charge in [0, 0.05) is 63.3 Å². The number of non-ortho nitro benzene ring substituents is 1. The molecule has 12 heteroatoms. The van der Waals surface area contributed by atoms with Gasteiger partial charge >= 0.3 is 0 Å².